The molecule has 7 atom stereocenters. The summed E-state index contributed by atoms with van der Waals surface area (Å²) in [5.74, 6) is 0.479. The molecule has 68 heavy (non-hydrogen) atoms. The number of carbonyl (C=O) groups is 3. The van der Waals surface area contributed by atoms with Crippen LogP contribution in [-0.2, 0) is 32.7 Å². The monoisotopic (exact) mass is 939 g/mol. The smallest absolute Gasteiger partial charge is 0.337 e. The number of ether oxygens (including phenoxy) is 7. The number of hydrogen-bond donors (Lipinski definition) is 1. The summed E-state index contributed by atoms with van der Waals surface area (Å²) in [4.78, 5) is 55.1. The van der Waals surface area contributed by atoms with Gasteiger partial charge in [0.1, 0.15) is 18.4 Å². The van der Waals surface area contributed by atoms with Crippen molar-refractivity contribution < 1.29 is 52.6 Å². The number of likely N-dealkylation sites (N-methyl/N-ethyl adjacent to an activating group) is 1. The highest BCUT2D eigenvalue weighted by Crippen LogP contribution is 2.65. The summed E-state index contributed by atoms with van der Waals surface area (Å²) in [6.45, 7) is 4.75. The molecule has 2 saturated heterocycles. The molecule has 0 saturated carbocycles. The number of aromatic hydroxyl groups is 1. The number of phenolic OH excluding ortho intramolecular Hbond substituents is 1. The number of nitrogens with zero attached hydrogens (tertiary/aromatic N) is 5. The number of para-hydroxylation sites is 1. The van der Waals surface area contributed by atoms with Crippen LogP contribution in [0, 0.1) is 25.2 Å². The van der Waals surface area contributed by atoms with Crippen LogP contribution in [0.2, 0.25) is 0 Å². The Bertz CT molecular complexity index is 3050. The average molecular weight is 940 g/mol. The second-order valence-electron chi connectivity index (χ2n) is 18.2. The third-order valence-electron chi connectivity index (χ3n) is 14.9. The van der Waals surface area contributed by atoms with Crippen molar-refractivity contribution in [1.82, 2.24) is 19.7 Å². The lowest BCUT2D eigenvalue weighted by Crippen LogP contribution is -2.69. The number of methoxy groups -OCH3 is 3. The largest absolute Gasteiger partial charge is 0.504 e. The van der Waals surface area contributed by atoms with Gasteiger partial charge < -0.3 is 43.2 Å². The minimum Gasteiger partial charge on any atom is -0.504 e. The van der Waals surface area contributed by atoms with Crippen molar-refractivity contribution in [2.24, 2.45) is 0 Å². The maximum atomic E-state index is 15.9. The van der Waals surface area contributed by atoms with Crippen molar-refractivity contribution in [3.8, 4) is 46.3 Å². The Hall–Kier alpha value is -6.74. The van der Waals surface area contributed by atoms with Crippen molar-refractivity contribution in [2.45, 2.75) is 74.6 Å². The van der Waals surface area contributed by atoms with Crippen LogP contribution in [0.3, 0.4) is 0 Å². The number of piperazine rings is 1. The van der Waals surface area contributed by atoms with Crippen LogP contribution in [0.4, 0.5) is 0 Å². The lowest BCUT2D eigenvalue weighted by molar-refractivity contribution is -0.162. The number of amides is 1. The first-order chi connectivity index (χ1) is 32.9. The van der Waals surface area contributed by atoms with E-state index < -0.39 is 52.8 Å². The van der Waals surface area contributed by atoms with Gasteiger partial charge in [0.05, 0.1) is 55.8 Å². The van der Waals surface area contributed by atoms with Crippen molar-refractivity contribution >= 4 is 40.5 Å². The summed E-state index contributed by atoms with van der Waals surface area (Å²) < 4.78 is 42.9. The Morgan fingerprint density at radius 1 is 0.956 bits per heavy atom. The van der Waals surface area contributed by atoms with E-state index in [4.69, 9.17) is 33.2 Å². The molecule has 1 spiro atoms. The molecule has 0 aliphatic carbocycles. The van der Waals surface area contributed by atoms with Gasteiger partial charge in [0.15, 0.2) is 40.0 Å². The topological polar surface area (TPSA) is 182 Å². The number of rotatable bonds is 5. The summed E-state index contributed by atoms with van der Waals surface area (Å²) in [5.41, 5.74) is 4.51. The summed E-state index contributed by atoms with van der Waals surface area (Å²) >= 11 is 1.39. The fraction of sp³-hybridized carbons (Fsp3) is 0.392. The molecule has 1 aromatic heterocycles. The van der Waals surface area contributed by atoms with E-state index in [1.54, 1.807) is 24.1 Å². The van der Waals surface area contributed by atoms with E-state index >= 15 is 9.59 Å². The molecule has 2 fully saturated rings. The van der Waals surface area contributed by atoms with Crippen molar-refractivity contribution in [3.63, 3.8) is 0 Å². The highest BCUT2D eigenvalue weighted by Gasteiger charge is 2.63. The fourth-order valence-electron chi connectivity index (χ4n) is 12.1. The van der Waals surface area contributed by atoms with Gasteiger partial charge in [-0.1, -0.05) is 24.3 Å². The molecular formula is C51H49N5O11S. The van der Waals surface area contributed by atoms with E-state index in [1.165, 1.54) is 39.1 Å². The zero-order valence-corrected chi connectivity index (χ0v) is 39.4. The second kappa shape index (κ2) is 16.2. The van der Waals surface area contributed by atoms with Crippen LogP contribution < -0.4 is 28.4 Å². The Labute approximate surface area is 396 Å². The quantitative estimate of drug-likeness (QED) is 0.151. The molecule has 0 unspecified atom stereocenters. The maximum Gasteiger partial charge on any atom is 0.337 e. The molecule has 4 aromatic carbocycles. The van der Waals surface area contributed by atoms with Gasteiger partial charge in [-0.3, -0.25) is 24.4 Å². The van der Waals surface area contributed by atoms with E-state index in [0.717, 1.165) is 22.1 Å². The van der Waals surface area contributed by atoms with Gasteiger partial charge in [0.2, 0.25) is 6.79 Å². The first-order valence-electron chi connectivity index (χ1n) is 22.5. The third-order valence-corrected chi connectivity index (χ3v) is 16.4. The number of phenols is 1. The number of thioether (sulfide) groups is 1. The van der Waals surface area contributed by atoms with Crippen LogP contribution in [-0.4, -0.2) is 115 Å². The molecule has 7 aliphatic heterocycles. The molecule has 1 amide bonds. The minimum atomic E-state index is -1.79. The number of aromatic nitrogens is 1. The Morgan fingerprint density at radius 3 is 2.47 bits per heavy atom. The molecule has 5 aromatic rings. The molecule has 7 aliphatic rings. The lowest BCUT2D eigenvalue weighted by Gasteiger charge is -2.62. The number of hydrogen-bond acceptors (Lipinski definition) is 16. The highest BCUT2D eigenvalue weighted by molar-refractivity contribution is 7.99. The summed E-state index contributed by atoms with van der Waals surface area (Å²) in [7, 11) is 6.56. The first-order valence-corrected chi connectivity index (χ1v) is 23.5. The SMILES string of the molecule is COc1cc2c(cc1OC)[C@]1(CS[C@H]3c4c(OC(C)=O)c(C)c5c(c4[C@H](COC1=O)N1[C@@H]3[C@H]3c4c(cc(C)c(OC)c4O)C[C@@H]([C@@H]1C#N)N3C)OCO5)N(C(=O)c1cnc3ccccc3c1)CC2. The lowest BCUT2D eigenvalue weighted by atomic mass is 9.71. The molecule has 8 heterocycles. The van der Waals surface area contributed by atoms with Crippen LogP contribution in [0.5, 0.6) is 40.2 Å². The Morgan fingerprint density at radius 2 is 1.72 bits per heavy atom. The normalized spacial score (nSPS) is 25.6. The molecule has 17 heteroatoms. The predicted octanol–water partition coefficient (Wildman–Crippen LogP) is 6.39. The molecular weight excluding hydrogens is 891 g/mol. The second-order valence-corrected chi connectivity index (χ2v) is 19.3. The number of pyridine rings is 1. The zero-order chi connectivity index (χ0) is 47.5. The molecule has 350 valence electrons. The molecule has 16 nitrogen and oxygen atoms in total. The van der Waals surface area contributed by atoms with Crippen LogP contribution in [0.1, 0.15) is 79.1 Å². The van der Waals surface area contributed by atoms with Crippen LogP contribution in [0.25, 0.3) is 10.9 Å². The number of carbonyl (C=O) groups excluding carboxylic acids is 3. The summed E-state index contributed by atoms with van der Waals surface area (Å²) in [5, 5.41) is 23.7. The van der Waals surface area contributed by atoms with E-state index in [-0.39, 0.29) is 48.8 Å². The average Bonchev–Trinajstić information content (AvgIpc) is 3.83. The maximum absolute atomic E-state index is 15.9. The van der Waals surface area contributed by atoms with E-state index in [2.05, 4.69) is 20.9 Å². The standard InChI is InChI=1S/C51H49N5O11S/c1-24-14-29-16-33-34(19-52)56-35-21-64-50(60)51(31-18-37(62-6)36(61-5)17-27(31)12-13-55(51)49(59)30-15-28-10-8-9-11-32(28)53-20-30)22-68-48(42(56)41(54(33)4)38(29)43(58)44(24)63-7)40-39(35)47-46(65-23-66-47)25(2)45(40)67-26(3)57/h8-11,14-15,17-18,20,33-35,41-42,48,58H,12-13,16,21-23H2,1-7H3/t33-,34-,35-,41+,42+,48-,51-/m0/s1. The molecule has 1 N–H and O–H groups in total. The van der Waals surface area contributed by atoms with Crippen molar-refractivity contribution in [1.29, 1.82) is 5.26 Å². The van der Waals surface area contributed by atoms with Gasteiger partial charge >= 0.3 is 11.9 Å². The van der Waals surface area contributed by atoms with Gasteiger partial charge in [-0.25, -0.2) is 4.79 Å². The number of fused-ring (bicyclic) bond motifs is 10. The van der Waals surface area contributed by atoms with Crippen LogP contribution in [0.15, 0.2) is 54.7 Å². The van der Waals surface area contributed by atoms with Crippen molar-refractivity contribution in [2.75, 3.05) is 54.1 Å². The molecule has 0 radical (unpaired) electrons. The van der Waals surface area contributed by atoms with Gasteiger partial charge in [0, 0.05) is 65.1 Å². The van der Waals surface area contributed by atoms with Gasteiger partial charge in [-0.15, -0.1) is 11.8 Å². The van der Waals surface area contributed by atoms with Crippen molar-refractivity contribution in [3.05, 3.63) is 105 Å². The Kier molecular flexibility index (Phi) is 10.4. The number of nitriles is 1. The van der Waals surface area contributed by atoms with E-state index in [0.29, 0.717) is 74.9 Å². The predicted molar refractivity (Wildman–Crippen MR) is 248 cm³/mol. The number of benzene rings is 4. The zero-order valence-electron chi connectivity index (χ0n) is 38.6. The molecule has 12 rings (SSSR count). The molecule has 4 bridgehead atoms. The van der Waals surface area contributed by atoms with Gasteiger partial charge in [-0.05, 0) is 80.3 Å². The summed E-state index contributed by atoms with van der Waals surface area (Å²) in [6.07, 6.45) is 2.35. The fourth-order valence-corrected chi connectivity index (χ4v) is 13.8. The van der Waals surface area contributed by atoms with E-state index in [1.807, 2.05) is 57.3 Å². The van der Waals surface area contributed by atoms with Crippen LogP contribution >= 0.6 is 11.8 Å². The van der Waals surface area contributed by atoms with Gasteiger partial charge in [0.25, 0.3) is 5.91 Å². The third kappa shape index (κ3) is 6.12. The van der Waals surface area contributed by atoms with E-state index in [9.17, 15) is 15.2 Å². The number of esters is 2. The summed E-state index contributed by atoms with van der Waals surface area (Å²) in [6, 6.07) is 14.4. The first kappa shape index (κ1) is 43.8. The number of aryl methyl sites for hydroxylation is 1. The van der Waals surface area contributed by atoms with Gasteiger partial charge in [-0.2, -0.15) is 5.26 Å². The minimum absolute atomic E-state index is 0.000611. The Balaban J connectivity index is 1.19. The highest BCUT2D eigenvalue weighted by atomic mass is 32.2.